The first-order chi connectivity index (χ1) is 11.5. The molecule has 122 valence electrons. The van der Waals surface area contributed by atoms with Crippen LogP contribution in [-0.2, 0) is 11.2 Å². The standard InChI is InChI=1S/C18H16ClN3O2/c1-10-7-11(2)17(14(19)8-10)20-16(23)9-15-12-5-3-4-6-13(12)18(24)22-21-15/h3-8H,9H2,1-2H3,(H,20,23)(H,22,24). The lowest BCUT2D eigenvalue weighted by atomic mass is 10.1. The Kier molecular flexibility index (Phi) is 4.36. The van der Waals surface area contributed by atoms with Crippen LogP contribution in [-0.4, -0.2) is 16.1 Å². The number of H-pyrrole nitrogens is 1. The molecule has 0 fully saturated rings. The van der Waals surface area contributed by atoms with Gasteiger partial charge in [-0.25, -0.2) is 5.10 Å². The molecule has 5 nitrogen and oxygen atoms in total. The van der Waals surface area contributed by atoms with Crippen LogP contribution in [0.1, 0.15) is 16.8 Å². The molecule has 6 heteroatoms. The molecule has 0 unspecified atom stereocenters. The molecule has 2 N–H and O–H groups in total. The van der Waals surface area contributed by atoms with Crippen molar-refractivity contribution in [3.63, 3.8) is 0 Å². The second kappa shape index (κ2) is 6.45. The fraction of sp³-hybridized carbons (Fsp3) is 0.167. The number of halogens is 1. The van der Waals surface area contributed by atoms with Gasteiger partial charge in [-0.05, 0) is 37.1 Å². The summed E-state index contributed by atoms with van der Waals surface area (Å²) in [4.78, 5) is 24.2. The number of aromatic amines is 1. The predicted octanol–water partition coefficient (Wildman–Crippen LogP) is 3.37. The molecule has 1 amide bonds. The van der Waals surface area contributed by atoms with Crippen molar-refractivity contribution < 1.29 is 4.79 Å². The SMILES string of the molecule is Cc1cc(C)c(NC(=O)Cc2n[nH]c(=O)c3ccccc23)c(Cl)c1. The van der Waals surface area contributed by atoms with Gasteiger partial charge in [-0.3, -0.25) is 9.59 Å². The minimum absolute atomic E-state index is 0.0426. The summed E-state index contributed by atoms with van der Waals surface area (Å²) in [5, 5.41) is 11.0. The Labute approximate surface area is 143 Å². The number of rotatable bonds is 3. The Hall–Kier alpha value is -2.66. The van der Waals surface area contributed by atoms with Crippen LogP contribution in [0.4, 0.5) is 5.69 Å². The third-order valence-corrected chi connectivity index (χ3v) is 4.10. The molecule has 24 heavy (non-hydrogen) atoms. The molecule has 0 aliphatic rings. The zero-order valence-corrected chi connectivity index (χ0v) is 14.1. The largest absolute Gasteiger partial charge is 0.324 e. The molecule has 1 heterocycles. The Morgan fingerprint density at radius 3 is 2.62 bits per heavy atom. The van der Waals surface area contributed by atoms with Gasteiger partial charge in [0.15, 0.2) is 0 Å². The summed E-state index contributed by atoms with van der Waals surface area (Å²) >= 11 is 6.22. The molecule has 0 spiro atoms. The summed E-state index contributed by atoms with van der Waals surface area (Å²) in [6.45, 7) is 3.84. The number of benzene rings is 2. The van der Waals surface area contributed by atoms with Gasteiger partial charge in [-0.1, -0.05) is 35.9 Å². The number of aromatic nitrogens is 2. The van der Waals surface area contributed by atoms with Crippen LogP contribution in [0.25, 0.3) is 10.8 Å². The van der Waals surface area contributed by atoms with E-state index in [0.717, 1.165) is 11.1 Å². The number of nitrogens with zero attached hydrogens (tertiary/aromatic N) is 1. The van der Waals surface area contributed by atoms with Gasteiger partial charge in [-0.2, -0.15) is 5.10 Å². The predicted molar refractivity (Wildman–Crippen MR) is 95.6 cm³/mol. The van der Waals surface area contributed by atoms with Crippen LogP contribution in [0, 0.1) is 13.8 Å². The average molecular weight is 342 g/mol. The molecule has 2 aromatic carbocycles. The maximum atomic E-state index is 12.4. The Morgan fingerprint density at radius 1 is 1.21 bits per heavy atom. The zero-order valence-electron chi connectivity index (χ0n) is 13.3. The van der Waals surface area contributed by atoms with E-state index in [1.165, 1.54) is 0 Å². The lowest BCUT2D eigenvalue weighted by Gasteiger charge is -2.12. The molecule has 0 atom stereocenters. The molecule has 3 aromatic rings. The van der Waals surface area contributed by atoms with Gasteiger partial charge in [0, 0.05) is 5.39 Å². The third-order valence-electron chi connectivity index (χ3n) is 3.80. The molecule has 0 radical (unpaired) electrons. The lowest BCUT2D eigenvalue weighted by molar-refractivity contribution is -0.115. The first kappa shape index (κ1) is 16.2. The normalized spacial score (nSPS) is 10.8. The van der Waals surface area contributed by atoms with E-state index in [-0.39, 0.29) is 17.9 Å². The highest BCUT2D eigenvalue weighted by Crippen LogP contribution is 2.27. The Bertz CT molecular complexity index is 972. The lowest BCUT2D eigenvalue weighted by Crippen LogP contribution is -2.19. The van der Waals surface area contributed by atoms with Crippen LogP contribution in [0.15, 0.2) is 41.2 Å². The summed E-state index contributed by atoms with van der Waals surface area (Å²) in [5.74, 6) is -0.242. The first-order valence-corrected chi connectivity index (χ1v) is 7.86. The summed E-state index contributed by atoms with van der Waals surface area (Å²) in [6.07, 6.45) is 0.0426. The minimum Gasteiger partial charge on any atom is -0.324 e. The van der Waals surface area contributed by atoms with E-state index in [2.05, 4.69) is 15.5 Å². The highest BCUT2D eigenvalue weighted by atomic mass is 35.5. The highest BCUT2D eigenvalue weighted by molar-refractivity contribution is 6.34. The van der Waals surface area contributed by atoms with Crippen molar-refractivity contribution in [3.05, 3.63) is 68.6 Å². The number of hydrogen-bond acceptors (Lipinski definition) is 3. The van der Waals surface area contributed by atoms with Gasteiger partial charge in [0.1, 0.15) is 0 Å². The highest BCUT2D eigenvalue weighted by Gasteiger charge is 2.13. The Balaban J connectivity index is 1.89. The number of nitrogens with one attached hydrogen (secondary N) is 2. The molecule has 0 saturated carbocycles. The van der Waals surface area contributed by atoms with Crippen molar-refractivity contribution in [1.29, 1.82) is 0 Å². The number of carbonyl (C=O) groups is 1. The van der Waals surface area contributed by atoms with Crippen molar-refractivity contribution in [2.45, 2.75) is 20.3 Å². The average Bonchev–Trinajstić information content (AvgIpc) is 2.54. The maximum Gasteiger partial charge on any atom is 0.272 e. The molecule has 3 rings (SSSR count). The van der Waals surface area contributed by atoms with Crippen molar-refractivity contribution in [1.82, 2.24) is 10.2 Å². The first-order valence-electron chi connectivity index (χ1n) is 7.48. The van der Waals surface area contributed by atoms with E-state index >= 15 is 0 Å². The van der Waals surface area contributed by atoms with Crippen LogP contribution < -0.4 is 10.9 Å². The number of fused-ring (bicyclic) bond motifs is 1. The van der Waals surface area contributed by atoms with E-state index in [0.29, 0.717) is 27.2 Å². The van der Waals surface area contributed by atoms with Crippen molar-refractivity contribution in [2.75, 3.05) is 5.32 Å². The van der Waals surface area contributed by atoms with Gasteiger partial charge in [0.25, 0.3) is 5.56 Å². The second-order valence-electron chi connectivity index (χ2n) is 5.71. The van der Waals surface area contributed by atoms with Gasteiger partial charge in [0.2, 0.25) is 5.91 Å². The van der Waals surface area contributed by atoms with Crippen molar-refractivity contribution in [2.24, 2.45) is 0 Å². The van der Waals surface area contributed by atoms with E-state index in [1.807, 2.05) is 26.0 Å². The second-order valence-corrected chi connectivity index (χ2v) is 6.12. The van der Waals surface area contributed by atoms with Gasteiger partial charge >= 0.3 is 0 Å². The van der Waals surface area contributed by atoms with Gasteiger partial charge in [-0.15, -0.1) is 0 Å². The van der Waals surface area contributed by atoms with Crippen LogP contribution >= 0.6 is 11.6 Å². The van der Waals surface area contributed by atoms with Crippen molar-refractivity contribution in [3.8, 4) is 0 Å². The number of amides is 1. The summed E-state index contributed by atoms with van der Waals surface area (Å²) in [6, 6.07) is 10.8. The molecule has 0 aliphatic heterocycles. The smallest absolute Gasteiger partial charge is 0.272 e. The number of hydrogen-bond donors (Lipinski definition) is 2. The van der Waals surface area contributed by atoms with Gasteiger partial charge in [0.05, 0.1) is 28.2 Å². The Morgan fingerprint density at radius 2 is 1.92 bits per heavy atom. The fourth-order valence-corrected chi connectivity index (χ4v) is 3.08. The van der Waals surface area contributed by atoms with E-state index < -0.39 is 0 Å². The molecule has 0 aliphatic carbocycles. The molecule has 0 bridgehead atoms. The fourth-order valence-electron chi connectivity index (χ4n) is 2.72. The zero-order chi connectivity index (χ0) is 17.3. The molecular weight excluding hydrogens is 326 g/mol. The molecule has 0 saturated heterocycles. The van der Waals surface area contributed by atoms with E-state index in [4.69, 9.17) is 11.6 Å². The monoisotopic (exact) mass is 341 g/mol. The molecule has 1 aromatic heterocycles. The van der Waals surface area contributed by atoms with Gasteiger partial charge < -0.3 is 5.32 Å². The molecular formula is C18H16ClN3O2. The maximum absolute atomic E-state index is 12.4. The quantitative estimate of drug-likeness (QED) is 0.767. The number of carbonyl (C=O) groups excluding carboxylic acids is 1. The van der Waals surface area contributed by atoms with Crippen LogP contribution in [0.2, 0.25) is 5.02 Å². The summed E-state index contributed by atoms with van der Waals surface area (Å²) in [7, 11) is 0. The number of aryl methyl sites for hydroxylation is 2. The summed E-state index contributed by atoms with van der Waals surface area (Å²) in [5.41, 5.74) is 2.77. The van der Waals surface area contributed by atoms with Crippen LogP contribution in [0.5, 0.6) is 0 Å². The minimum atomic E-state index is -0.271. The third kappa shape index (κ3) is 3.16. The van der Waals surface area contributed by atoms with E-state index in [9.17, 15) is 9.59 Å². The van der Waals surface area contributed by atoms with Crippen LogP contribution in [0.3, 0.4) is 0 Å². The summed E-state index contributed by atoms with van der Waals surface area (Å²) < 4.78 is 0. The topological polar surface area (TPSA) is 74.8 Å². The van der Waals surface area contributed by atoms with Crippen molar-refractivity contribution >= 4 is 34.0 Å². The number of anilines is 1. The van der Waals surface area contributed by atoms with E-state index in [1.54, 1.807) is 24.3 Å².